The van der Waals surface area contributed by atoms with Crippen molar-refractivity contribution in [3.8, 4) is 0 Å². The molecule has 2 saturated heterocycles. The fraction of sp³-hybridized carbons (Fsp3) is 0.412. The maximum Gasteiger partial charge on any atom is 0.319 e. The molecule has 0 N–H and O–H groups in total. The monoisotopic (exact) mass is 314 g/mol. The molecule has 120 valence electrons. The van der Waals surface area contributed by atoms with Crippen molar-refractivity contribution in [2.24, 2.45) is 0 Å². The minimum atomic E-state index is -1.03. The molecule has 2 aliphatic heterocycles. The summed E-state index contributed by atoms with van der Waals surface area (Å²) in [5.74, 6) is -1.77. The van der Waals surface area contributed by atoms with Crippen LogP contribution in [0.1, 0.15) is 31.2 Å². The molecule has 3 rings (SSSR count). The number of nitrogens with zero attached hydrogens (tertiary/aromatic N) is 2. The summed E-state index contributed by atoms with van der Waals surface area (Å²) < 4.78 is 0. The number of hydrogen-bond donors (Lipinski definition) is 0. The van der Waals surface area contributed by atoms with Crippen molar-refractivity contribution in [1.82, 2.24) is 9.80 Å². The Labute approximate surface area is 134 Å². The number of aldehydes is 1. The van der Waals surface area contributed by atoms with Gasteiger partial charge in [0.05, 0.1) is 6.54 Å². The highest BCUT2D eigenvalue weighted by Gasteiger charge is 2.57. The minimum Gasteiger partial charge on any atom is -0.320 e. The number of carbonyl (C=O) groups is 4. The predicted octanol–water partition coefficient (Wildman–Crippen LogP) is 0.896. The first-order valence-corrected chi connectivity index (χ1v) is 7.75. The van der Waals surface area contributed by atoms with Crippen molar-refractivity contribution in [3.05, 3.63) is 35.9 Å². The Morgan fingerprint density at radius 3 is 2.52 bits per heavy atom. The second kappa shape index (κ2) is 5.95. The summed E-state index contributed by atoms with van der Waals surface area (Å²) in [5, 5.41) is 0. The number of amides is 3. The molecule has 0 aromatic heterocycles. The number of fused-ring (bicyclic) bond motifs is 1. The predicted molar refractivity (Wildman–Crippen MR) is 81.0 cm³/mol. The lowest BCUT2D eigenvalue weighted by Gasteiger charge is -2.44. The van der Waals surface area contributed by atoms with Gasteiger partial charge in [0.15, 0.2) is 0 Å². The van der Waals surface area contributed by atoms with Gasteiger partial charge in [0.25, 0.3) is 5.91 Å². The summed E-state index contributed by atoms with van der Waals surface area (Å²) >= 11 is 0. The Bertz CT molecular complexity index is 658. The molecule has 1 aromatic carbocycles. The van der Waals surface area contributed by atoms with E-state index in [4.69, 9.17) is 0 Å². The molecule has 1 aromatic rings. The van der Waals surface area contributed by atoms with Crippen LogP contribution in [0.4, 0.5) is 0 Å². The van der Waals surface area contributed by atoms with Gasteiger partial charge in [-0.05, 0) is 24.8 Å². The Morgan fingerprint density at radius 2 is 1.83 bits per heavy atom. The SMILES string of the molecule is O=CCC[C@]12CCCN1C(=O)C(=O)N(Cc1ccccc1)C2=O. The molecule has 2 heterocycles. The third kappa shape index (κ3) is 2.44. The zero-order valence-electron chi connectivity index (χ0n) is 12.7. The lowest BCUT2D eigenvalue weighted by atomic mass is 9.86. The van der Waals surface area contributed by atoms with Crippen LogP contribution in [0.15, 0.2) is 30.3 Å². The lowest BCUT2D eigenvalue weighted by Crippen LogP contribution is -2.67. The van der Waals surface area contributed by atoms with Crippen LogP contribution in [0.5, 0.6) is 0 Å². The van der Waals surface area contributed by atoms with Gasteiger partial charge < -0.3 is 9.69 Å². The third-order valence-electron chi connectivity index (χ3n) is 4.66. The first-order valence-electron chi connectivity index (χ1n) is 7.75. The summed E-state index contributed by atoms with van der Waals surface area (Å²) in [6.07, 6.45) is 2.40. The van der Waals surface area contributed by atoms with E-state index in [2.05, 4.69) is 0 Å². The summed E-state index contributed by atoms with van der Waals surface area (Å²) in [6.45, 7) is 0.481. The van der Waals surface area contributed by atoms with Crippen LogP contribution in [0.2, 0.25) is 0 Å². The Morgan fingerprint density at radius 1 is 1.09 bits per heavy atom. The van der Waals surface area contributed by atoms with Crippen molar-refractivity contribution in [2.75, 3.05) is 6.54 Å². The molecule has 0 saturated carbocycles. The highest BCUT2D eigenvalue weighted by molar-refractivity contribution is 6.40. The molecule has 0 aliphatic carbocycles. The average Bonchev–Trinajstić information content (AvgIpc) is 3.01. The Hall–Kier alpha value is -2.50. The van der Waals surface area contributed by atoms with Crippen LogP contribution in [0, 0.1) is 0 Å². The zero-order valence-corrected chi connectivity index (χ0v) is 12.7. The molecule has 2 aliphatic rings. The summed E-state index contributed by atoms with van der Waals surface area (Å²) in [4.78, 5) is 50.9. The summed E-state index contributed by atoms with van der Waals surface area (Å²) in [5.41, 5.74) is -0.236. The van der Waals surface area contributed by atoms with Crippen molar-refractivity contribution in [3.63, 3.8) is 0 Å². The van der Waals surface area contributed by atoms with E-state index in [1.54, 1.807) is 0 Å². The molecular weight excluding hydrogens is 296 g/mol. The Balaban J connectivity index is 1.94. The molecule has 3 amide bonds. The molecule has 6 nitrogen and oxygen atoms in total. The standard InChI is InChI=1S/C17H18N2O4/c20-11-5-9-17-8-4-10-19(17)15(22)14(21)18(16(17)23)12-13-6-2-1-3-7-13/h1-3,6-7,11H,4-5,8-10,12H2/t17-/m0/s1. The van der Waals surface area contributed by atoms with Crippen LogP contribution in [0.3, 0.4) is 0 Å². The van der Waals surface area contributed by atoms with Gasteiger partial charge in [-0.1, -0.05) is 30.3 Å². The van der Waals surface area contributed by atoms with Crippen LogP contribution >= 0.6 is 0 Å². The van der Waals surface area contributed by atoms with E-state index in [1.165, 1.54) is 4.90 Å². The van der Waals surface area contributed by atoms with Gasteiger partial charge >= 0.3 is 11.8 Å². The van der Waals surface area contributed by atoms with Gasteiger partial charge in [0, 0.05) is 13.0 Å². The largest absolute Gasteiger partial charge is 0.320 e. The molecule has 0 unspecified atom stereocenters. The highest BCUT2D eigenvalue weighted by Crippen LogP contribution is 2.38. The van der Waals surface area contributed by atoms with Crippen LogP contribution in [-0.2, 0) is 25.7 Å². The van der Waals surface area contributed by atoms with Crippen LogP contribution in [-0.4, -0.2) is 45.9 Å². The fourth-order valence-corrected chi connectivity index (χ4v) is 3.55. The normalized spacial score (nSPS) is 24.1. The number of piperazine rings is 1. The molecule has 2 fully saturated rings. The van der Waals surface area contributed by atoms with E-state index in [-0.39, 0.29) is 25.3 Å². The second-order valence-electron chi connectivity index (χ2n) is 5.98. The van der Waals surface area contributed by atoms with E-state index >= 15 is 0 Å². The highest BCUT2D eigenvalue weighted by atomic mass is 16.2. The zero-order chi connectivity index (χ0) is 16.4. The van der Waals surface area contributed by atoms with Crippen LogP contribution in [0.25, 0.3) is 0 Å². The second-order valence-corrected chi connectivity index (χ2v) is 5.98. The van der Waals surface area contributed by atoms with Gasteiger partial charge in [-0.3, -0.25) is 19.3 Å². The average molecular weight is 314 g/mol. The molecule has 0 bridgehead atoms. The Kier molecular flexibility index (Phi) is 3.98. The van der Waals surface area contributed by atoms with Gasteiger partial charge in [-0.25, -0.2) is 0 Å². The van der Waals surface area contributed by atoms with Gasteiger partial charge in [-0.15, -0.1) is 0 Å². The molecule has 0 radical (unpaired) electrons. The van der Waals surface area contributed by atoms with E-state index in [0.717, 1.165) is 16.7 Å². The van der Waals surface area contributed by atoms with Crippen molar-refractivity contribution < 1.29 is 19.2 Å². The maximum atomic E-state index is 13.0. The van der Waals surface area contributed by atoms with Crippen molar-refractivity contribution in [1.29, 1.82) is 0 Å². The molecule has 6 heteroatoms. The quantitative estimate of drug-likeness (QED) is 0.460. The summed E-state index contributed by atoms with van der Waals surface area (Å²) in [6, 6.07) is 9.10. The van der Waals surface area contributed by atoms with Crippen molar-refractivity contribution in [2.45, 2.75) is 37.8 Å². The van der Waals surface area contributed by atoms with Crippen molar-refractivity contribution >= 4 is 24.0 Å². The van der Waals surface area contributed by atoms with Crippen LogP contribution < -0.4 is 0 Å². The number of carbonyl (C=O) groups excluding carboxylic acids is 4. The van der Waals surface area contributed by atoms with E-state index in [0.29, 0.717) is 19.4 Å². The molecule has 0 spiro atoms. The fourth-order valence-electron chi connectivity index (χ4n) is 3.55. The van der Waals surface area contributed by atoms with E-state index in [9.17, 15) is 19.2 Å². The number of benzene rings is 1. The number of rotatable bonds is 5. The maximum absolute atomic E-state index is 13.0. The van der Waals surface area contributed by atoms with Gasteiger partial charge in [0.1, 0.15) is 11.8 Å². The van der Waals surface area contributed by atoms with E-state index in [1.807, 2.05) is 30.3 Å². The van der Waals surface area contributed by atoms with Gasteiger partial charge in [-0.2, -0.15) is 0 Å². The molecule has 23 heavy (non-hydrogen) atoms. The summed E-state index contributed by atoms with van der Waals surface area (Å²) in [7, 11) is 0. The smallest absolute Gasteiger partial charge is 0.319 e. The van der Waals surface area contributed by atoms with E-state index < -0.39 is 17.4 Å². The first kappa shape index (κ1) is 15.4. The minimum absolute atomic E-state index is 0.0843. The molecular formula is C17H18N2O4. The number of imide groups is 1. The lowest BCUT2D eigenvalue weighted by molar-refractivity contribution is -0.173. The molecule has 1 atom stereocenters. The third-order valence-corrected chi connectivity index (χ3v) is 4.66. The first-order chi connectivity index (χ1) is 11.1. The van der Waals surface area contributed by atoms with Gasteiger partial charge in [0.2, 0.25) is 0 Å². The topological polar surface area (TPSA) is 74.8 Å². The number of hydrogen-bond acceptors (Lipinski definition) is 4.